The summed E-state index contributed by atoms with van der Waals surface area (Å²) >= 11 is 0. The number of hydrogen-bond donors (Lipinski definition) is 1. The molecule has 14 heavy (non-hydrogen) atoms. The highest BCUT2D eigenvalue weighted by Gasteiger charge is 2.26. The van der Waals surface area contributed by atoms with Crippen molar-refractivity contribution in [2.24, 2.45) is 0 Å². The van der Waals surface area contributed by atoms with E-state index in [-0.39, 0.29) is 18.0 Å². The molecule has 0 aromatic heterocycles. The van der Waals surface area contributed by atoms with Crippen LogP contribution in [0.2, 0.25) is 0 Å². The van der Waals surface area contributed by atoms with Crippen LogP contribution >= 0.6 is 0 Å². The molecule has 0 bridgehead atoms. The van der Waals surface area contributed by atoms with Crippen LogP contribution in [0, 0.1) is 11.3 Å². The maximum absolute atomic E-state index is 11.8. The van der Waals surface area contributed by atoms with Crippen molar-refractivity contribution in [2.45, 2.75) is 38.3 Å². The number of likely N-dealkylation sites (N-methyl/N-ethyl adjacent to an activating group) is 1. The van der Waals surface area contributed by atoms with Gasteiger partial charge in [-0.25, -0.2) is 0 Å². The molecule has 0 aromatic rings. The van der Waals surface area contributed by atoms with Crippen molar-refractivity contribution < 1.29 is 4.79 Å². The summed E-state index contributed by atoms with van der Waals surface area (Å²) < 4.78 is 0. The summed E-state index contributed by atoms with van der Waals surface area (Å²) in [7, 11) is 1.77. The average molecular weight is 195 g/mol. The van der Waals surface area contributed by atoms with Crippen molar-refractivity contribution in [2.75, 3.05) is 13.6 Å². The second kappa shape index (κ2) is 4.97. The Labute approximate surface area is 84.9 Å². The molecule has 1 rings (SSSR count). The molecule has 0 aromatic carbocycles. The van der Waals surface area contributed by atoms with Crippen LogP contribution in [-0.4, -0.2) is 36.5 Å². The Morgan fingerprint density at radius 2 is 2.50 bits per heavy atom. The Bertz CT molecular complexity index is 240. The summed E-state index contributed by atoms with van der Waals surface area (Å²) in [5, 5.41) is 11.7. The van der Waals surface area contributed by atoms with Gasteiger partial charge in [-0.15, -0.1) is 0 Å². The number of nitriles is 1. The lowest BCUT2D eigenvalue weighted by atomic mass is 10.1. The first-order valence-electron chi connectivity index (χ1n) is 5.04. The lowest BCUT2D eigenvalue weighted by Gasteiger charge is -2.25. The summed E-state index contributed by atoms with van der Waals surface area (Å²) in [6.45, 7) is 2.83. The maximum atomic E-state index is 11.8. The Hall–Kier alpha value is -1.08. The lowest BCUT2D eigenvalue weighted by Crippen LogP contribution is -2.45. The largest absolute Gasteiger partial charge is 0.341 e. The number of hydrogen-bond acceptors (Lipinski definition) is 3. The second-order valence-corrected chi connectivity index (χ2v) is 3.81. The molecule has 0 radical (unpaired) electrons. The van der Waals surface area contributed by atoms with Gasteiger partial charge in [0.25, 0.3) is 0 Å². The van der Waals surface area contributed by atoms with Crippen LogP contribution in [0.25, 0.3) is 0 Å². The molecule has 1 saturated heterocycles. The molecule has 1 heterocycles. The monoisotopic (exact) mass is 195 g/mol. The van der Waals surface area contributed by atoms with Crippen molar-refractivity contribution in [3.05, 3.63) is 0 Å². The molecule has 1 aliphatic heterocycles. The topological polar surface area (TPSA) is 56.1 Å². The predicted octanol–water partition coefficient (Wildman–Crippen LogP) is 0.499. The Morgan fingerprint density at radius 3 is 3.00 bits per heavy atom. The number of amides is 1. The highest BCUT2D eigenvalue weighted by molar-refractivity contribution is 5.82. The molecule has 1 N–H and O–H groups in total. The van der Waals surface area contributed by atoms with Crippen molar-refractivity contribution in [1.29, 1.82) is 5.26 Å². The zero-order valence-corrected chi connectivity index (χ0v) is 8.79. The van der Waals surface area contributed by atoms with E-state index in [1.165, 1.54) is 0 Å². The predicted molar refractivity (Wildman–Crippen MR) is 53.5 cm³/mol. The average Bonchev–Trinajstić information content (AvgIpc) is 2.68. The third kappa shape index (κ3) is 2.46. The molecule has 1 fully saturated rings. The van der Waals surface area contributed by atoms with Gasteiger partial charge < -0.3 is 10.2 Å². The van der Waals surface area contributed by atoms with E-state index in [2.05, 4.69) is 11.4 Å². The maximum Gasteiger partial charge on any atom is 0.239 e. The molecule has 1 amide bonds. The van der Waals surface area contributed by atoms with Gasteiger partial charge in [0.1, 0.15) is 0 Å². The van der Waals surface area contributed by atoms with Gasteiger partial charge in [0.05, 0.1) is 18.5 Å². The van der Waals surface area contributed by atoms with Crippen LogP contribution in [0.4, 0.5) is 0 Å². The molecule has 4 heteroatoms. The van der Waals surface area contributed by atoms with Crippen LogP contribution < -0.4 is 5.32 Å². The minimum atomic E-state index is -0.0267. The second-order valence-electron chi connectivity index (χ2n) is 3.81. The van der Waals surface area contributed by atoms with Crippen LogP contribution in [0.3, 0.4) is 0 Å². The third-order valence-electron chi connectivity index (χ3n) is 2.75. The van der Waals surface area contributed by atoms with Crippen LogP contribution in [0.15, 0.2) is 0 Å². The minimum Gasteiger partial charge on any atom is -0.341 e. The summed E-state index contributed by atoms with van der Waals surface area (Å²) in [5.41, 5.74) is 0. The summed E-state index contributed by atoms with van der Waals surface area (Å²) in [5.74, 6) is 0.116. The minimum absolute atomic E-state index is 0.00917. The molecule has 0 saturated carbocycles. The Morgan fingerprint density at radius 1 is 1.79 bits per heavy atom. The zero-order chi connectivity index (χ0) is 10.6. The molecule has 2 atom stereocenters. The van der Waals surface area contributed by atoms with Gasteiger partial charge >= 0.3 is 0 Å². The number of rotatable bonds is 3. The fourth-order valence-corrected chi connectivity index (χ4v) is 1.63. The molecular weight excluding hydrogens is 178 g/mol. The molecule has 4 nitrogen and oxygen atoms in total. The molecule has 0 spiro atoms. The highest BCUT2D eigenvalue weighted by Crippen LogP contribution is 2.10. The first-order chi connectivity index (χ1) is 6.66. The number of nitrogens with one attached hydrogen (secondary N) is 1. The van der Waals surface area contributed by atoms with Gasteiger partial charge in [-0.3, -0.25) is 4.79 Å². The van der Waals surface area contributed by atoms with E-state index in [0.29, 0.717) is 6.42 Å². The summed E-state index contributed by atoms with van der Waals surface area (Å²) in [6.07, 6.45) is 2.38. The van der Waals surface area contributed by atoms with Crippen LogP contribution in [-0.2, 0) is 4.79 Å². The van der Waals surface area contributed by atoms with Crippen molar-refractivity contribution in [3.63, 3.8) is 0 Å². The van der Waals surface area contributed by atoms with Gasteiger partial charge in [0, 0.05) is 13.1 Å². The number of carbonyl (C=O) groups excluding carboxylic acids is 1. The summed E-state index contributed by atoms with van der Waals surface area (Å²) in [6, 6.07) is 2.06. The standard InChI is InChI=1S/C10H17N3O/c1-8(5-6-11)13(2)10(14)9-4-3-7-12-9/h8-9,12H,3-5,7H2,1-2H3. The van der Waals surface area contributed by atoms with Gasteiger partial charge in [-0.2, -0.15) is 5.26 Å². The fraction of sp³-hybridized carbons (Fsp3) is 0.800. The van der Waals surface area contributed by atoms with Gasteiger partial charge in [0.15, 0.2) is 0 Å². The normalized spacial score (nSPS) is 22.8. The number of nitrogens with zero attached hydrogens (tertiary/aromatic N) is 2. The molecule has 0 aliphatic carbocycles. The van der Waals surface area contributed by atoms with Gasteiger partial charge in [-0.1, -0.05) is 0 Å². The first-order valence-corrected chi connectivity index (χ1v) is 5.04. The van der Waals surface area contributed by atoms with E-state index >= 15 is 0 Å². The molecule has 78 valence electrons. The van der Waals surface area contributed by atoms with E-state index in [1.54, 1.807) is 11.9 Å². The van der Waals surface area contributed by atoms with E-state index in [1.807, 2.05) is 6.92 Å². The smallest absolute Gasteiger partial charge is 0.239 e. The highest BCUT2D eigenvalue weighted by atomic mass is 16.2. The third-order valence-corrected chi connectivity index (χ3v) is 2.75. The Kier molecular flexibility index (Phi) is 3.90. The zero-order valence-electron chi connectivity index (χ0n) is 8.79. The van der Waals surface area contributed by atoms with Gasteiger partial charge in [-0.05, 0) is 26.3 Å². The first kappa shape index (κ1) is 11.0. The van der Waals surface area contributed by atoms with Gasteiger partial charge in [0.2, 0.25) is 5.91 Å². The SMILES string of the molecule is CC(CC#N)N(C)C(=O)C1CCCN1. The van der Waals surface area contributed by atoms with E-state index < -0.39 is 0 Å². The fourth-order valence-electron chi connectivity index (χ4n) is 1.63. The van der Waals surface area contributed by atoms with E-state index in [0.717, 1.165) is 19.4 Å². The molecule has 2 unspecified atom stereocenters. The Balaban J connectivity index is 2.47. The number of carbonyl (C=O) groups is 1. The van der Waals surface area contributed by atoms with Crippen molar-refractivity contribution in [3.8, 4) is 6.07 Å². The van der Waals surface area contributed by atoms with E-state index in [9.17, 15) is 4.79 Å². The quantitative estimate of drug-likeness (QED) is 0.713. The lowest BCUT2D eigenvalue weighted by molar-refractivity contribution is -0.133. The van der Waals surface area contributed by atoms with Crippen molar-refractivity contribution in [1.82, 2.24) is 10.2 Å². The van der Waals surface area contributed by atoms with E-state index in [4.69, 9.17) is 5.26 Å². The molecular formula is C10H17N3O. The van der Waals surface area contributed by atoms with Crippen LogP contribution in [0.1, 0.15) is 26.2 Å². The van der Waals surface area contributed by atoms with Crippen LogP contribution in [0.5, 0.6) is 0 Å². The van der Waals surface area contributed by atoms with Crippen molar-refractivity contribution >= 4 is 5.91 Å². The molecule has 1 aliphatic rings. The summed E-state index contributed by atoms with van der Waals surface area (Å²) in [4.78, 5) is 13.5.